The number of anilines is 1. The van der Waals surface area contributed by atoms with Crippen LogP contribution in [0, 0.1) is 10.1 Å². The molecule has 0 saturated carbocycles. The molecule has 108 valence electrons. The van der Waals surface area contributed by atoms with Gasteiger partial charge < -0.3 is 15.1 Å². The summed E-state index contributed by atoms with van der Waals surface area (Å²) in [6, 6.07) is 3.74. The fraction of sp³-hybridized carbons (Fsp3) is 0.462. The second-order valence-electron chi connectivity index (χ2n) is 4.76. The molecule has 1 saturated heterocycles. The lowest BCUT2D eigenvalue weighted by molar-refractivity contribution is -0.384. The van der Waals surface area contributed by atoms with Gasteiger partial charge in [0.05, 0.1) is 23.1 Å². The second kappa shape index (κ2) is 5.87. The Hall–Kier alpha value is -2.15. The highest BCUT2D eigenvalue weighted by Gasteiger charge is 2.31. The van der Waals surface area contributed by atoms with Crippen LogP contribution in [0.4, 0.5) is 11.4 Å². The van der Waals surface area contributed by atoms with Crippen molar-refractivity contribution < 1.29 is 19.9 Å². The summed E-state index contributed by atoms with van der Waals surface area (Å²) in [5, 5.41) is 29.8. The van der Waals surface area contributed by atoms with Crippen LogP contribution < -0.4 is 4.90 Å². The SMILES string of the molecule is O=C(O)c1cccc([N+](=O)[O-])c1N1CCCCC1CO. The summed E-state index contributed by atoms with van der Waals surface area (Å²) in [7, 11) is 0. The van der Waals surface area contributed by atoms with Crippen molar-refractivity contribution in [3.63, 3.8) is 0 Å². The van der Waals surface area contributed by atoms with E-state index in [-0.39, 0.29) is 29.6 Å². The predicted octanol–water partition coefficient (Wildman–Crippen LogP) is 1.64. The monoisotopic (exact) mass is 280 g/mol. The predicted molar refractivity (Wildman–Crippen MR) is 72.1 cm³/mol. The largest absolute Gasteiger partial charge is 0.478 e. The topological polar surface area (TPSA) is 104 Å². The maximum atomic E-state index is 11.3. The number of nitro benzene ring substituents is 1. The first-order chi connectivity index (χ1) is 9.56. The number of nitro groups is 1. The van der Waals surface area contributed by atoms with Gasteiger partial charge in [-0.2, -0.15) is 0 Å². The van der Waals surface area contributed by atoms with Gasteiger partial charge in [-0.15, -0.1) is 0 Å². The lowest BCUT2D eigenvalue weighted by atomic mass is 9.99. The molecule has 1 aliphatic rings. The van der Waals surface area contributed by atoms with Crippen LogP contribution in [0.25, 0.3) is 0 Å². The smallest absolute Gasteiger partial charge is 0.338 e. The Labute approximate surface area is 115 Å². The number of rotatable bonds is 4. The zero-order valence-corrected chi connectivity index (χ0v) is 10.9. The highest BCUT2D eigenvalue weighted by molar-refractivity contribution is 5.97. The van der Waals surface area contributed by atoms with E-state index in [4.69, 9.17) is 0 Å². The van der Waals surface area contributed by atoms with Gasteiger partial charge in [-0.1, -0.05) is 6.07 Å². The first-order valence-corrected chi connectivity index (χ1v) is 6.44. The molecule has 0 aliphatic carbocycles. The zero-order chi connectivity index (χ0) is 14.7. The van der Waals surface area contributed by atoms with Gasteiger partial charge in [0.15, 0.2) is 0 Å². The summed E-state index contributed by atoms with van der Waals surface area (Å²) in [6.07, 6.45) is 2.44. The van der Waals surface area contributed by atoms with Crippen molar-refractivity contribution in [2.75, 3.05) is 18.1 Å². The van der Waals surface area contributed by atoms with E-state index in [0.29, 0.717) is 13.0 Å². The Morgan fingerprint density at radius 3 is 2.80 bits per heavy atom. The van der Waals surface area contributed by atoms with E-state index in [1.54, 1.807) is 4.90 Å². The van der Waals surface area contributed by atoms with Crippen LogP contribution in [0.5, 0.6) is 0 Å². The van der Waals surface area contributed by atoms with Crippen molar-refractivity contribution in [1.82, 2.24) is 0 Å². The van der Waals surface area contributed by atoms with Gasteiger partial charge in [-0.3, -0.25) is 10.1 Å². The fourth-order valence-electron chi connectivity index (χ4n) is 2.64. The molecule has 1 fully saturated rings. The van der Waals surface area contributed by atoms with Gasteiger partial charge in [-0.05, 0) is 25.3 Å². The van der Waals surface area contributed by atoms with Crippen LogP contribution in [-0.4, -0.2) is 40.3 Å². The highest BCUT2D eigenvalue weighted by atomic mass is 16.6. The Kier molecular flexibility index (Phi) is 4.19. The Morgan fingerprint density at radius 1 is 1.45 bits per heavy atom. The fourth-order valence-corrected chi connectivity index (χ4v) is 2.64. The molecule has 7 nitrogen and oxygen atoms in total. The summed E-state index contributed by atoms with van der Waals surface area (Å²) in [6.45, 7) is 0.363. The third-order valence-corrected chi connectivity index (χ3v) is 3.57. The summed E-state index contributed by atoms with van der Waals surface area (Å²) in [5.74, 6) is -1.20. The maximum absolute atomic E-state index is 11.3. The number of carboxylic acids is 1. The van der Waals surface area contributed by atoms with Crippen LogP contribution in [0.3, 0.4) is 0 Å². The molecule has 0 bridgehead atoms. The van der Waals surface area contributed by atoms with Gasteiger partial charge in [0.25, 0.3) is 5.69 Å². The Morgan fingerprint density at radius 2 is 2.20 bits per heavy atom. The zero-order valence-electron chi connectivity index (χ0n) is 10.9. The van der Waals surface area contributed by atoms with Gasteiger partial charge in [0, 0.05) is 12.6 Å². The van der Waals surface area contributed by atoms with Crippen LogP contribution in [0.1, 0.15) is 29.6 Å². The normalized spacial score (nSPS) is 18.9. The molecule has 2 rings (SSSR count). The first kappa shape index (κ1) is 14.3. The first-order valence-electron chi connectivity index (χ1n) is 6.44. The van der Waals surface area contributed by atoms with E-state index in [2.05, 4.69) is 0 Å². The molecule has 1 aromatic rings. The minimum Gasteiger partial charge on any atom is -0.478 e. The number of aromatic carboxylic acids is 1. The van der Waals surface area contributed by atoms with Crippen molar-refractivity contribution >= 4 is 17.3 Å². The lowest BCUT2D eigenvalue weighted by Crippen LogP contribution is -2.43. The molecule has 1 heterocycles. The van der Waals surface area contributed by atoms with Crippen LogP contribution in [0.15, 0.2) is 18.2 Å². The Bertz CT molecular complexity index is 499. The van der Waals surface area contributed by atoms with Crippen molar-refractivity contribution in [2.24, 2.45) is 0 Å². The standard InChI is InChI=1S/C13H16N2O5/c16-8-9-4-1-2-7-14(9)12-10(13(17)18)5-3-6-11(12)15(19)20/h3,5-6,9,16H,1-2,4,7-8H2,(H,17,18). The molecule has 1 unspecified atom stereocenters. The lowest BCUT2D eigenvalue weighted by Gasteiger charge is -2.36. The van der Waals surface area contributed by atoms with Gasteiger partial charge >= 0.3 is 5.97 Å². The minimum atomic E-state index is -1.20. The quantitative estimate of drug-likeness (QED) is 0.642. The number of nitrogens with zero attached hydrogens (tertiary/aromatic N) is 2. The van der Waals surface area contributed by atoms with Gasteiger partial charge in [-0.25, -0.2) is 4.79 Å². The van der Waals surface area contributed by atoms with E-state index in [0.717, 1.165) is 12.8 Å². The van der Waals surface area contributed by atoms with Gasteiger partial charge in [0.2, 0.25) is 0 Å². The van der Waals surface area contributed by atoms with Crippen molar-refractivity contribution in [3.8, 4) is 0 Å². The van der Waals surface area contributed by atoms with E-state index in [9.17, 15) is 25.1 Å². The van der Waals surface area contributed by atoms with E-state index in [1.165, 1.54) is 18.2 Å². The van der Waals surface area contributed by atoms with Crippen LogP contribution in [-0.2, 0) is 0 Å². The molecule has 0 radical (unpaired) electrons. The molecule has 0 aromatic heterocycles. The number of para-hydroxylation sites is 1. The molecule has 1 atom stereocenters. The molecular weight excluding hydrogens is 264 g/mol. The third kappa shape index (κ3) is 2.57. The summed E-state index contributed by atoms with van der Waals surface area (Å²) < 4.78 is 0. The number of benzene rings is 1. The second-order valence-corrected chi connectivity index (χ2v) is 4.76. The molecule has 1 aliphatic heterocycles. The average Bonchev–Trinajstić information content (AvgIpc) is 2.46. The van der Waals surface area contributed by atoms with Gasteiger partial charge in [0.1, 0.15) is 5.69 Å². The number of hydrogen-bond donors (Lipinski definition) is 2. The third-order valence-electron chi connectivity index (χ3n) is 3.57. The summed E-state index contributed by atoms with van der Waals surface area (Å²) in [4.78, 5) is 23.6. The molecule has 2 N–H and O–H groups in total. The minimum absolute atomic E-state index is 0.0976. The molecule has 0 amide bonds. The highest BCUT2D eigenvalue weighted by Crippen LogP contribution is 2.36. The average molecular weight is 280 g/mol. The molecule has 20 heavy (non-hydrogen) atoms. The molecule has 1 aromatic carbocycles. The number of hydrogen-bond acceptors (Lipinski definition) is 5. The molecular formula is C13H16N2O5. The van der Waals surface area contributed by atoms with E-state index in [1.807, 2.05) is 0 Å². The van der Waals surface area contributed by atoms with E-state index < -0.39 is 10.9 Å². The van der Waals surface area contributed by atoms with Crippen molar-refractivity contribution in [1.29, 1.82) is 0 Å². The van der Waals surface area contributed by atoms with Crippen LogP contribution in [0.2, 0.25) is 0 Å². The number of aliphatic hydroxyl groups is 1. The van der Waals surface area contributed by atoms with E-state index >= 15 is 0 Å². The number of piperidine rings is 1. The maximum Gasteiger partial charge on any atom is 0.338 e. The molecule has 0 spiro atoms. The number of carbonyl (C=O) groups is 1. The molecule has 7 heteroatoms. The van der Waals surface area contributed by atoms with Crippen molar-refractivity contribution in [2.45, 2.75) is 25.3 Å². The summed E-state index contributed by atoms with van der Waals surface area (Å²) in [5.41, 5.74) is -0.228. The number of carboxylic acid groups (broad SMARTS) is 1. The van der Waals surface area contributed by atoms with Crippen molar-refractivity contribution in [3.05, 3.63) is 33.9 Å². The number of aliphatic hydroxyl groups excluding tert-OH is 1. The summed E-state index contributed by atoms with van der Waals surface area (Å²) >= 11 is 0. The Balaban J connectivity index is 2.56. The van der Waals surface area contributed by atoms with Crippen LogP contribution >= 0.6 is 0 Å².